The first-order valence-corrected chi connectivity index (χ1v) is 19.9. The lowest BCUT2D eigenvalue weighted by molar-refractivity contribution is 0.277. The molecule has 0 saturated heterocycles. The number of hydrogen-bond acceptors (Lipinski definition) is 0. The highest BCUT2D eigenvalue weighted by atomic mass is 14.2. The molecule has 48 heavy (non-hydrogen) atoms. The van der Waals surface area contributed by atoms with Crippen molar-refractivity contribution >= 4 is 0 Å². The monoisotopic (exact) mass is 655 g/mol. The van der Waals surface area contributed by atoms with Crippen molar-refractivity contribution in [1.29, 1.82) is 0 Å². The summed E-state index contributed by atoms with van der Waals surface area (Å²) >= 11 is 0. The van der Waals surface area contributed by atoms with Gasteiger partial charge in [0.05, 0.1) is 0 Å². The van der Waals surface area contributed by atoms with E-state index in [1.165, 1.54) is 110 Å². The third-order valence-corrected chi connectivity index (χ3v) is 10.9. The van der Waals surface area contributed by atoms with E-state index in [1.54, 1.807) is 0 Å². The maximum Gasteiger partial charge on any atom is -0.0395 e. The number of benzene rings is 3. The van der Waals surface area contributed by atoms with Crippen LogP contribution >= 0.6 is 0 Å². The van der Waals surface area contributed by atoms with Gasteiger partial charge in [-0.25, -0.2) is 0 Å². The van der Waals surface area contributed by atoms with Crippen LogP contribution < -0.4 is 0 Å². The van der Waals surface area contributed by atoms with Crippen LogP contribution in [0.5, 0.6) is 0 Å². The smallest absolute Gasteiger partial charge is 0.0395 e. The first-order valence-electron chi connectivity index (χ1n) is 19.9. The Labute approximate surface area is 301 Å². The Morgan fingerprint density at radius 3 is 0.979 bits per heavy atom. The van der Waals surface area contributed by atoms with E-state index in [1.807, 2.05) is 0 Å². The second-order valence-corrected chi connectivity index (χ2v) is 16.4. The fourth-order valence-corrected chi connectivity index (χ4v) is 6.77. The summed E-state index contributed by atoms with van der Waals surface area (Å²) in [6.07, 6.45) is 17.7. The molecule has 0 heteroatoms. The van der Waals surface area contributed by atoms with Crippen molar-refractivity contribution in [2.45, 2.75) is 160 Å². The van der Waals surface area contributed by atoms with E-state index in [0.717, 1.165) is 35.5 Å². The zero-order valence-corrected chi connectivity index (χ0v) is 33.9. The molecule has 0 spiro atoms. The lowest BCUT2D eigenvalue weighted by atomic mass is 9.82. The third-order valence-electron chi connectivity index (χ3n) is 10.9. The number of hydrogen-bond donors (Lipinski definition) is 0. The fraction of sp³-hybridized carbons (Fsp3) is 0.625. The Morgan fingerprint density at radius 1 is 0.354 bits per heavy atom. The van der Waals surface area contributed by atoms with Gasteiger partial charge in [0.1, 0.15) is 0 Å². The molecule has 3 aliphatic rings. The molecule has 3 aromatic rings. The van der Waals surface area contributed by atoms with E-state index in [4.69, 9.17) is 0 Å². The zero-order chi connectivity index (χ0) is 35.9. The fourth-order valence-electron chi connectivity index (χ4n) is 6.77. The summed E-state index contributed by atoms with van der Waals surface area (Å²) in [7, 11) is 0. The molecule has 3 aromatic carbocycles. The van der Waals surface area contributed by atoms with Crippen LogP contribution in [0.4, 0.5) is 0 Å². The van der Waals surface area contributed by atoms with Gasteiger partial charge >= 0.3 is 0 Å². The standard InChI is InChI=1S/C8H16.C8H10.C8H16.C8H10.C8H16.C8H10/c2*1-7-3-5-8(2)6-4-7;2*1-7-4-3-5-8(2)6-7;2*1-7-5-3-4-6-8(7)2/h7-8H,3-6H2,1-2H3;3-6H,1-2H3;7-8H,3-6H2,1-2H3;3-6H,1-2H3;7-8H,3-6H2,1-2H3;3-6H,1-2H3. The van der Waals surface area contributed by atoms with Crippen molar-refractivity contribution in [2.24, 2.45) is 35.5 Å². The molecule has 0 N–H and O–H groups in total. The molecule has 0 radical (unpaired) electrons. The second kappa shape index (κ2) is 25.6. The highest BCUT2D eigenvalue weighted by Gasteiger charge is 2.16. The van der Waals surface area contributed by atoms with Crippen molar-refractivity contribution in [3.63, 3.8) is 0 Å². The van der Waals surface area contributed by atoms with Gasteiger partial charge in [0.15, 0.2) is 0 Å². The van der Waals surface area contributed by atoms with Crippen LogP contribution in [-0.2, 0) is 0 Å². The Bertz CT molecular complexity index is 1090. The van der Waals surface area contributed by atoms with Crippen molar-refractivity contribution in [2.75, 3.05) is 0 Å². The molecule has 3 fully saturated rings. The van der Waals surface area contributed by atoms with E-state index in [9.17, 15) is 0 Å². The van der Waals surface area contributed by atoms with Crippen molar-refractivity contribution in [1.82, 2.24) is 0 Å². The SMILES string of the molecule is CC1CCC(C)CC1.CC1CCCC(C)C1.CC1CCCCC1C.Cc1ccc(C)cc1.Cc1cccc(C)c1.Cc1ccccc1C. The van der Waals surface area contributed by atoms with E-state index in [-0.39, 0.29) is 0 Å². The lowest BCUT2D eigenvalue weighted by Gasteiger charge is -2.24. The first-order chi connectivity index (χ1) is 22.8. The summed E-state index contributed by atoms with van der Waals surface area (Å²) in [5, 5.41) is 0. The molecule has 0 aliphatic heterocycles. The van der Waals surface area contributed by atoms with Gasteiger partial charge < -0.3 is 0 Å². The average molecular weight is 655 g/mol. The van der Waals surface area contributed by atoms with Gasteiger partial charge in [-0.1, -0.05) is 207 Å². The number of aryl methyl sites for hydroxylation is 6. The molecule has 6 rings (SSSR count). The summed E-state index contributed by atoms with van der Waals surface area (Å²) in [6, 6.07) is 25.3. The Hall–Kier alpha value is -2.34. The Balaban J connectivity index is 0.000000288. The minimum atomic E-state index is 1.00. The quantitative estimate of drug-likeness (QED) is 0.226. The van der Waals surface area contributed by atoms with Gasteiger partial charge in [-0.2, -0.15) is 0 Å². The topological polar surface area (TPSA) is 0 Å². The predicted molar refractivity (Wildman–Crippen MR) is 218 cm³/mol. The molecule has 4 unspecified atom stereocenters. The molecule has 0 heterocycles. The summed E-state index contributed by atoms with van der Waals surface area (Å²) in [6.45, 7) is 26.9. The summed E-state index contributed by atoms with van der Waals surface area (Å²) < 4.78 is 0. The van der Waals surface area contributed by atoms with E-state index in [2.05, 4.69) is 156 Å². The zero-order valence-electron chi connectivity index (χ0n) is 33.9. The van der Waals surface area contributed by atoms with Gasteiger partial charge in [-0.05, 0) is 94.6 Å². The minimum Gasteiger partial charge on any atom is -0.0625 e. The molecular weight excluding hydrogens is 577 g/mol. The van der Waals surface area contributed by atoms with Crippen LogP contribution in [0.25, 0.3) is 0 Å². The van der Waals surface area contributed by atoms with Gasteiger partial charge in [0.25, 0.3) is 0 Å². The van der Waals surface area contributed by atoms with Crippen LogP contribution in [0.3, 0.4) is 0 Å². The largest absolute Gasteiger partial charge is 0.0625 e. The van der Waals surface area contributed by atoms with Crippen LogP contribution in [0.2, 0.25) is 0 Å². The summed E-state index contributed by atoms with van der Waals surface area (Å²) in [5.41, 5.74) is 8.07. The van der Waals surface area contributed by atoms with Crippen LogP contribution in [-0.4, -0.2) is 0 Å². The molecule has 0 aromatic heterocycles. The summed E-state index contributed by atoms with van der Waals surface area (Å²) in [5.74, 6) is 6.07. The first kappa shape index (κ1) is 43.7. The number of rotatable bonds is 0. The molecule has 0 nitrogen and oxygen atoms in total. The minimum absolute atomic E-state index is 1.00. The normalized spacial score (nSPS) is 24.5. The van der Waals surface area contributed by atoms with Gasteiger partial charge in [0.2, 0.25) is 0 Å². The molecule has 0 amide bonds. The predicted octanol–water partition coefficient (Wildman–Crippen LogP) is 15.4. The third kappa shape index (κ3) is 22.3. The molecule has 3 saturated carbocycles. The maximum atomic E-state index is 2.38. The van der Waals surface area contributed by atoms with Gasteiger partial charge in [-0.15, -0.1) is 0 Å². The highest BCUT2D eigenvalue weighted by molar-refractivity contribution is 5.23. The molecule has 0 bridgehead atoms. The van der Waals surface area contributed by atoms with E-state index < -0.39 is 0 Å². The van der Waals surface area contributed by atoms with Crippen LogP contribution in [0.15, 0.2) is 72.8 Å². The second-order valence-electron chi connectivity index (χ2n) is 16.4. The van der Waals surface area contributed by atoms with E-state index in [0.29, 0.717) is 0 Å². The lowest BCUT2D eigenvalue weighted by Crippen LogP contribution is -2.12. The average Bonchev–Trinajstić information content (AvgIpc) is 3.04. The van der Waals surface area contributed by atoms with Gasteiger partial charge in [0, 0.05) is 0 Å². The Morgan fingerprint density at radius 2 is 0.729 bits per heavy atom. The maximum absolute atomic E-state index is 2.38. The highest BCUT2D eigenvalue weighted by Crippen LogP contribution is 2.29. The van der Waals surface area contributed by atoms with Crippen molar-refractivity contribution in [3.05, 3.63) is 106 Å². The van der Waals surface area contributed by atoms with E-state index >= 15 is 0 Å². The molecule has 4 atom stereocenters. The van der Waals surface area contributed by atoms with Gasteiger partial charge in [-0.3, -0.25) is 0 Å². The Kier molecular flexibility index (Phi) is 23.3. The molecular formula is C48H78. The molecule has 270 valence electrons. The van der Waals surface area contributed by atoms with Crippen LogP contribution in [0.1, 0.15) is 152 Å². The van der Waals surface area contributed by atoms with Crippen LogP contribution in [0, 0.1) is 77.0 Å². The van der Waals surface area contributed by atoms with Crippen molar-refractivity contribution in [3.8, 4) is 0 Å². The van der Waals surface area contributed by atoms with Crippen molar-refractivity contribution < 1.29 is 0 Å². The molecule has 3 aliphatic carbocycles. The summed E-state index contributed by atoms with van der Waals surface area (Å²) in [4.78, 5) is 0.